The lowest BCUT2D eigenvalue weighted by molar-refractivity contribution is -0.126. The van der Waals surface area contributed by atoms with Crippen molar-refractivity contribution in [2.45, 2.75) is 37.6 Å². The Morgan fingerprint density at radius 2 is 1.72 bits per heavy atom. The summed E-state index contributed by atoms with van der Waals surface area (Å²) in [6.07, 6.45) is 1.03. The van der Waals surface area contributed by atoms with Gasteiger partial charge in [0.15, 0.2) is 0 Å². The van der Waals surface area contributed by atoms with E-state index in [1.807, 2.05) is 44.2 Å². The molecule has 1 N–H and O–H groups in total. The van der Waals surface area contributed by atoms with Crippen LogP contribution in [-0.2, 0) is 14.8 Å². The quantitative estimate of drug-likeness (QED) is 0.753. The van der Waals surface area contributed by atoms with Crippen molar-refractivity contribution in [2.75, 3.05) is 19.7 Å². The first-order valence-electron chi connectivity index (χ1n) is 9.91. The van der Waals surface area contributed by atoms with Gasteiger partial charge in [0.25, 0.3) is 0 Å². The van der Waals surface area contributed by atoms with Gasteiger partial charge in [-0.3, -0.25) is 4.79 Å². The number of carbonyl (C=O) groups excluding carboxylic acids is 1. The number of aryl methyl sites for hydroxylation is 1. The van der Waals surface area contributed by atoms with E-state index in [1.54, 1.807) is 24.3 Å². The maximum atomic E-state index is 12.8. The average Bonchev–Trinajstić information content (AvgIpc) is 2.73. The molecule has 1 aliphatic heterocycles. The van der Waals surface area contributed by atoms with E-state index in [4.69, 9.17) is 4.74 Å². The predicted octanol–water partition coefficient (Wildman–Crippen LogP) is 2.98. The van der Waals surface area contributed by atoms with Crippen LogP contribution >= 0.6 is 0 Å². The zero-order valence-corrected chi connectivity index (χ0v) is 17.7. The van der Waals surface area contributed by atoms with Crippen LogP contribution in [-0.4, -0.2) is 44.4 Å². The number of nitrogens with one attached hydrogen (secondary N) is 1. The van der Waals surface area contributed by atoms with E-state index >= 15 is 0 Å². The number of rotatable bonds is 7. The normalized spacial score (nSPS) is 16.9. The molecule has 2 aromatic carbocycles. The molecule has 0 saturated carbocycles. The molecule has 0 bridgehead atoms. The SMILES string of the molecule is Cc1ccc(S(=O)(=O)N2CCC(C(=O)NC(C)COc3ccccc3)CC2)cc1. The minimum Gasteiger partial charge on any atom is -0.491 e. The fourth-order valence-electron chi connectivity index (χ4n) is 3.36. The summed E-state index contributed by atoms with van der Waals surface area (Å²) in [5, 5.41) is 2.98. The van der Waals surface area contributed by atoms with Gasteiger partial charge in [-0.2, -0.15) is 4.31 Å². The van der Waals surface area contributed by atoms with Gasteiger partial charge >= 0.3 is 0 Å². The van der Waals surface area contributed by atoms with Crippen molar-refractivity contribution in [1.82, 2.24) is 9.62 Å². The summed E-state index contributed by atoms with van der Waals surface area (Å²) in [6.45, 7) is 4.91. The molecule has 0 aliphatic carbocycles. The van der Waals surface area contributed by atoms with Crippen LogP contribution < -0.4 is 10.1 Å². The molecule has 1 heterocycles. The fraction of sp³-hybridized carbons (Fsp3) is 0.409. The summed E-state index contributed by atoms with van der Waals surface area (Å²) in [5.74, 6) is 0.545. The summed E-state index contributed by atoms with van der Waals surface area (Å²) in [6, 6.07) is 16.2. The molecule has 1 amide bonds. The average molecular weight is 417 g/mol. The number of hydrogen-bond donors (Lipinski definition) is 1. The minimum absolute atomic E-state index is 0.0402. The molecule has 3 rings (SSSR count). The predicted molar refractivity (Wildman–Crippen MR) is 112 cm³/mol. The van der Waals surface area contributed by atoms with Gasteiger partial charge < -0.3 is 10.1 Å². The highest BCUT2D eigenvalue weighted by molar-refractivity contribution is 7.89. The van der Waals surface area contributed by atoms with E-state index in [2.05, 4.69) is 5.32 Å². The second-order valence-corrected chi connectivity index (χ2v) is 9.46. The number of benzene rings is 2. The van der Waals surface area contributed by atoms with E-state index in [-0.39, 0.29) is 17.9 Å². The lowest BCUT2D eigenvalue weighted by atomic mass is 9.97. The molecule has 0 spiro atoms. The lowest BCUT2D eigenvalue weighted by Gasteiger charge is -2.31. The van der Waals surface area contributed by atoms with Gasteiger partial charge in [0.1, 0.15) is 12.4 Å². The van der Waals surface area contributed by atoms with Crippen LogP contribution in [0, 0.1) is 12.8 Å². The van der Waals surface area contributed by atoms with Crippen molar-refractivity contribution in [3.63, 3.8) is 0 Å². The molecule has 1 unspecified atom stereocenters. The van der Waals surface area contributed by atoms with Crippen LogP contribution in [0.4, 0.5) is 0 Å². The van der Waals surface area contributed by atoms with E-state index in [9.17, 15) is 13.2 Å². The highest BCUT2D eigenvalue weighted by Gasteiger charge is 2.32. The van der Waals surface area contributed by atoms with Crippen molar-refractivity contribution in [2.24, 2.45) is 5.92 Å². The number of carbonyl (C=O) groups is 1. The Kier molecular flexibility index (Phi) is 6.92. The van der Waals surface area contributed by atoms with E-state index in [1.165, 1.54) is 4.31 Å². The van der Waals surface area contributed by atoms with Gasteiger partial charge in [0.05, 0.1) is 10.9 Å². The van der Waals surface area contributed by atoms with Gasteiger partial charge in [0, 0.05) is 19.0 Å². The van der Waals surface area contributed by atoms with E-state index in [0.717, 1.165) is 11.3 Å². The third-order valence-corrected chi connectivity index (χ3v) is 7.03. The zero-order valence-electron chi connectivity index (χ0n) is 16.9. The molecule has 1 saturated heterocycles. The van der Waals surface area contributed by atoms with Gasteiger partial charge in [-0.1, -0.05) is 35.9 Å². The smallest absolute Gasteiger partial charge is 0.243 e. The number of ether oxygens (including phenoxy) is 1. The van der Waals surface area contributed by atoms with Crippen LogP contribution in [0.15, 0.2) is 59.5 Å². The molecule has 1 atom stereocenters. The van der Waals surface area contributed by atoms with Crippen LogP contribution in [0.5, 0.6) is 5.75 Å². The molecular weight excluding hydrogens is 388 g/mol. The number of amides is 1. The van der Waals surface area contributed by atoms with Gasteiger partial charge in [-0.15, -0.1) is 0 Å². The van der Waals surface area contributed by atoms with E-state index in [0.29, 0.717) is 37.4 Å². The molecule has 1 aliphatic rings. The van der Waals surface area contributed by atoms with Gasteiger partial charge in [0.2, 0.25) is 15.9 Å². The molecule has 7 heteroatoms. The Hall–Kier alpha value is -2.38. The van der Waals surface area contributed by atoms with E-state index < -0.39 is 10.0 Å². The molecule has 0 radical (unpaired) electrons. The second kappa shape index (κ2) is 9.41. The number of hydrogen-bond acceptors (Lipinski definition) is 4. The monoisotopic (exact) mass is 416 g/mol. The Morgan fingerprint density at radius 1 is 1.10 bits per heavy atom. The molecule has 1 fully saturated rings. The summed E-state index contributed by atoms with van der Waals surface area (Å²) >= 11 is 0. The Balaban J connectivity index is 1.48. The zero-order chi connectivity index (χ0) is 20.9. The molecular formula is C22H28N2O4S. The third kappa shape index (κ3) is 5.58. The first-order chi connectivity index (χ1) is 13.9. The fourth-order valence-corrected chi connectivity index (χ4v) is 4.83. The Labute approximate surface area is 172 Å². The summed E-state index contributed by atoms with van der Waals surface area (Å²) < 4.78 is 32.7. The van der Waals surface area contributed by atoms with Crippen molar-refractivity contribution < 1.29 is 17.9 Å². The first-order valence-corrected chi connectivity index (χ1v) is 11.4. The molecule has 0 aromatic heterocycles. The summed E-state index contributed by atoms with van der Waals surface area (Å²) in [4.78, 5) is 12.9. The summed E-state index contributed by atoms with van der Waals surface area (Å²) in [7, 11) is -3.51. The molecule has 156 valence electrons. The Bertz CT molecular complexity index is 906. The second-order valence-electron chi connectivity index (χ2n) is 7.53. The lowest BCUT2D eigenvalue weighted by Crippen LogP contribution is -2.45. The van der Waals surface area contributed by atoms with Crippen molar-refractivity contribution in [1.29, 1.82) is 0 Å². The van der Waals surface area contributed by atoms with Gasteiger partial charge in [-0.05, 0) is 51.0 Å². The number of nitrogens with zero attached hydrogens (tertiary/aromatic N) is 1. The van der Waals surface area contributed by atoms with Crippen molar-refractivity contribution in [3.8, 4) is 5.75 Å². The highest BCUT2D eigenvalue weighted by Crippen LogP contribution is 2.24. The largest absolute Gasteiger partial charge is 0.491 e. The number of piperidine rings is 1. The standard InChI is InChI=1S/C22H28N2O4S/c1-17-8-10-21(11-9-17)29(26,27)24-14-12-19(13-15-24)22(25)23-18(2)16-28-20-6-4-3-5-7-20/h3-11,18-19H,12-16H2,1-2H3,(H,23,25). The van der Waals surface area contributed by atoms with Crippen LogP contribution in [0.2, 0.25) is 0 Å². The van der Waals surface area contributed by atoms with Crippen LogP contribution in [0.25, 0.3) is 0 Å². The molecule has 2 aromatic rings. The van der Waals surface area contributed by atoms with Crippen molar-refractivity contribution in [3.05, 3.63) is 60.2 Å². The first kappa shape index (κ1) is 21.3. The summed E-state index contributed by atoms with van der Waals surface area (Å²) in [5.41, 5.74) is 1.02. The highest BCUT2D eigenvalue weighted by atomic mass is 32.2. The maximum Gasteiger partial charge on any atom is 0.243 e. The molecule has 29 heavy (non-hydrogen) atoms. The third-order valence-electron chi connectivity index (χ3n) is 5.12. The maximum absolute atomic E-state index is 12.8. The number of sulfonamides is 1. The van der Waals surface area contributed by atoms with Crippen LogP contribution in [0.1, 0.15) is 25.3 Å². The molecule has 6 nitrogen and oxygen atoms in total. The van der Waals surface area contributed by atoms with Crippen LogP contribution in [0.3, 0.4) is 0 Å². The topological polar surface area (TPSA) is 75.7 Å². The number of para-hydroxylation sites is 1. The minimum atomic E-state index is -3.51. The van der Waals surface area contributed by atoms with Gasteiger partial charge in [-0.25, -0.2) is 8.42 Å². The Morgan fingerprint density at radius 3 is 2.34 bits per heavy atom. The van der Waals surface area contributed by atoms with Crippen molar-refractivity contribution >= 4 is 15.9 Å².